The Morgan fingerprint density at radius 3 is 2.62 bits per heavy atom. The lowest BCUT2D eigenvalue weighted by molar-refractivity contribution is -0.384. The van der Waals surface area contributed by atoms with E-state index in [2.05, 4.69) is 11.1 Å². The molecule has 1 aromatic heterocycles. The van der Waals surface area contributed by atoms with Gasteiger partial charge in [0.1, 0.15) is 0 Å². The number of hydrogen-bond donors (Lipinski definition) is 1. The van der Waals surface area contributed by atoms with E-state index in [0.29, 0.717) is 13.2 Å². The normalized spacial score (nSPS) is 19.0. The van der Waals surface area contributed by atoms with Crippen LogP contribution in [0.25, 0.3) is 16.5 Å². The van der Waals surface area contributed by atoms with Gasteiger partial charge in [0.2, 0.25) is 0 Å². The zero-order chi connectivity index (χ0) is 17.2. The first kappa shape index (κ1) is 16.7. The summed E-state index contributed by atoms with van der Waals surface area (Å²) >= 11 is 0. The minimum atomic E-state index is -0.422. The van der Waals surface area contributed by atoms with Crippen molar-refractivity contribution in [3.8, 4) is 0 Å². The number of allylic oxidation sites excluding steroid dienone is 1. The lowest BCUT2D eigenvalue weighted by Gasteiger charge is -2.30. The van der Waals surface area contributed by atoms with Crippen LogP contribution in [-0.2, 0) is 9.47 Å². The van der Waals surface area contributed by atoms with Crippen molar-refractivity contribution in [3.05, 3.63) is 46.1 Å². The number of fused-ring (bicyclic) bond motifs is 1. The van der Waals surface area contributed by atoms with Crippen molar-refractivity contribution in [1.82, 2.24) is 4.98 Å². The number of nitro groups is 1. The van der Waals surface area contributed by atoms with Crippen molar-refractivity contribution in [1.29, 1.82) is 0 Å². The Labute approximate surface area is 140 Å². The molecular weight excluding hydrogens is 308 g/mol. The Hall–Kier alpha value is -2.18. The second-order valence-electron chi connectivity index (χ2n) is 5.73. The van der Waals surface area contributed by atoms with Crippen molar-refractivity contribution in [3.63, 3.8) is 0 Å². The van der Waals surface area contributed by atoms with Crippen molar-refractivity contribution in [2.75, 3.05) is 13.2 Å². The Morgan fingerprint density at radius 2 is 2.00 bits per heavy atom. The highest BCUT2D eigenvalue weighted by molar-refractivity contribution is 5.93. The molecule has 4 rings (SSSR count). The fourth-order valence-electron chi connectivity index (χ4n) is 3.31. The summed E-state index contributed by atoms with van der Waals surface area (Å²) in [7, 11) is 0. The lowest BCUT2D eigenvalue weighted by atomic mass is 9.89. The van der Waals surface area contributed by atoms with E-state index in [4.69, 9.17) is 9.47 Å². The topological polar surface area (TPSA) is 77.4 Å². The van der Waals surface area contributed by atoms with E-state index in [1.807, 2.05) is 26.1 Å². The van der Waals surface area contributed by atoms with E-state index < -0.39 is 5.79 Å². The highest BCUT2D eigenvalue weighted by Gasteiger charge is 2.37. The van der Waals surface area contributed by atoms with Crippen LogP contribution in [0.15, 0.2) is 30.5 Å². The molecular formula is C18H22N2O4. The van der Waals surface area contributed by atoms with Crippen molar-refractivity contribution in [2.45, 2.75) is 38.9 Å². The van der Waals surface area contributed by atoms with E-state index in [1.165, 1.54) is 5.57 Å². The van der Waals surface area contributed by atoms with Crippen molar-refractivity contribution in [2.24, 2.45) is 0 Å². The van der Waals surface area contributed by atoms with Crippen LogP contribution < -0.4 is 0 Å². The molecule has 2 heterocycles. The van der Waals surface area contributed by atoms with E-state index in [0.717, 1.165) is 35.7 Å². The van der Waals surface area contributed by atoms with Crippen LogP contribution in [0.4, 0.5) is 5.69 Å². The first-order chi connectivity index (χ1) is 11.7. The molecule has 0 atom stereocenters. The van der Waals surface area contributed by atoms with Gasteiger partial charge in [-0.15, -0.1) is 0 Å². The number of nitrogens with one attached hydrogen (secondary N) is 1. The molecule has 2 aliphatic rings. The first-order valence-corrected chi connectivity index (χ1v) is 8.40. The summed E-state index contributed by atoms with van der Waals surface area (Å²) in [5.74, 6) is -0.422. The molecule has 1 saturated heterocycles. The number of nitro benzene ring substituents is 1. The van der Waals surface area contributed by atoms with Gasteiger partial charge in [0.15, 0.2) is 5.79 Å². The maximum atomic E-state index is 10.8. The second-order valence-corrected chi connectivity index (χ2v) is 5.73. The fraction of sp³-hybridized carbons (Fsp3) is 0.444. The molecule has 0 bridgehead atoms. The molecule has 128 valence electrons. The summed E-state index contributed by atoms with van der Waals surface area (Å²) in [5.41, 5.74) is 3.24. The van der Waals surface area contributed by atoms with Crippen LogP contribution in [0.5, 0.6) is 0 Å². The zero-order valence-corrected chi connectivity index (χ0v) is 14.0. The number of H-pyrrole nitrogens is 1. The van der Waals surface area contributed by atoms with Crippen LogP contribution in [0.1, 0.15) is 38.7 Å². The molecule has 0 unspecified atom stereocenters. The molecule has 0 amide bonds. The summed E-state index contributed by atoms with van der Waals surface area (Å²) in [6.45, 7) is 5.33. The number of non-ortho nitro benzene ring substituents is 1. The minimum absolute atomic E-state index is 0.102. The largest absolute Gasteiger partial charge is 0.360 e. The van der Waals surface area contributed by atoms with Crippen molar-refractivity contribution >= 4 is 22.2 Å². The molecule has 2 aromatic rings. The summed E-state index contributed by atoms with van der Waals surface area (Å²) in [4.78, 5) is 13.6. The fourth-order valence-corrected chi connectivity index (χ4v) is 3.31. The number of hydrogen-bond acceptors (Lipinski definition) is 4. The van der Waals surface area contributed by atoms with Gasteiger partial charge in [-0.2, -0.15) is 0 Å². The monoisotopic (exact) mass is 330 g/mol. The maximum absolute atomic E-state index is 10.8. The molecule has 1 aromatic carbocycles. The Morgan fingerprint density at radius 1 is 1.25 bits per heavy atom. The predicted molar refractivity (Wildman–Crippen MR) is 92.8 cm³/mol. The third-order valence-electron chi connectivity index (χ3n) is 4.47. The molecule has 6 heteroatoms. The molecule has 1 aliphatic carbocycles. The molecule has 0 radical (unpaired) electrons. The molecule has 24 heavy (non-hydrogen) atoms. The predicted octanol–water partition coefficient (Wildman–Crippen LogP) is 4.41. The SMILES string of the molecule is CC.O=[N+]([O-])c1ccc2c(C3=CCC4(CC3)OCCO4)c[nH]c2c1. The van der Waals surface area contributed by atoms with Gasteiger partial charge in [-0.05, 0) is 18.1 Å². The van der Waals surface area contributed by atoms with Crippen LogP contribution in [-0.4, -0.2) is 28.9 Å². The van der Waals surface area contributed by atoms with Crippen LogP contribution >= 0.6 is 0 Å². The average molecular weight is 330 g/mol. The van der Waals surface area contributed by atoms with Gasteiger partial charge in [-0.25, -0.2) is 0 Å². The van der Waals surface area contributed by atoms with E-state index >= 15 is 0 Å². The van der Waals surface area contributed by atoms with E-state index in [9.17, 15) is 10.1 Å². The summed E-state index contributed by atoms with van der Waals surface area (Å²) in [6.07, 6.45) is 6.57. The van der Waals surface area contributed by atoms with Gasteiger partial charge >= 0.3 is 0 Å². The number of aromatic amines is 1. The standard InChI is InChI=1S/C16H16N2O4.C2H6/c19-18(20)12-1-2-13-14(10-17-15(13)9-12)11-3-5-16(6-4-11)21-7-8-22-16;1-2/h1-3,9-10,17H,4-8H2;1-2H3. The second kappa shape index (κ2) is 6.75. The highest BCUT2D eigenvalue weighted by Crippen LogP contribution is 2.40. The summed E-state index contributed by atoms with van der Waals surface area (Å²) in [6, 6.07) is 4.94. The third-order valence-corrected chi connectivity index (χ3v) is 4.47. The molecule has 1 fully saturated rings. The van der Waals surface area contributed by atoms with Crippen molar-refractivity contribution < 1.29 is 14.4 Å². The summed E-state index contributed by atoms with van der Waals surface area (Å²) < 4.78 is 11.5. The highest BCUT2D eigenvalue weighted by atomic mass is 16.7. The van der Waals surface area contributed by atoms with Gasteiger partial charge in [0.25, 0.3) is 5.69 Å². The maximum Gasteiger partial charge on any atom is 0.271 e. The molecule has 1 spiro atoms. The first-order valence-electron chi connectivity index (χ1n) is 8.40. The minimum Gasteiger partial charge on any atom is -0.360 e. The number of rotatable bonds is 2. The van der Waals surface area contributed by atoms with E-state index in [-0.39, 0.29) is 10.6 Å². The Kier molecular flexibility index (Phi) is 4.69. The van der Waals surface area contributed by atoms with Gasteiger partial charge in [-0.1, -0.05) is 19.9 Å². The smallest absolute Gasteiger partial charge is 0.271 e. The Bertz CT molecular complexity index is 772. The lowest BCUT2D eigenvalue weighted by Crippen LogP contribution is -2.31. The number of ether oxygens (including phenoxy) is 2. The number of nitrogens with zero attached hydrogens (tertiary/aromatic N) is 1. The quantitative estimate of drug-likeness (QED) is 0.653. The molecule has 6 nitrogen and oxygen atoms in total. The average Bonchev–Trinajstić information content (AvgIpc) is 3.24. The van der Waals surface area contributed by atoms with E-state index in [1.54, 1.807) is 12.1 Å². The van der Waals surface area contributed by atoms with Gasteiger partial charge in [-0.3, -0.25) is 10.1 Å². The third kappa shape index (κ3) is 2.95. The van der Waals surface area contributed by atoms with Crippen LogP contribution in [0.3, 0.4) is 0 Å². The van der Waals surface area contributed by atoms with Gasteiger partial charge in [0, 0.05) is 42.1 Å². The molecule has 1 aliphatic heterocycles. The zero-order valence-electron chi connectivity index (χ0n) is 14.0. The summed E-state index contributed by atoms with van der Waals surface area (Å²) in [5, 5.41) is 11.9. The van der Waals surface area contributed by atoms with Gasteiger partial charge < -0.3 is 14.5 Å². The number of aromatic nitrogens is 1. The number of benzene rings is 1. The van der Waals surface area contributed by atoms with Crippen LogP contribution in [0, 0.1) is 10.1 Å². The van der Waals surface area contributed by atoms with Crippen LogP contribution in [0.2, 0.25) is 0 Å². The Balaban J connectivity index is 0.000000815. The molecule has 0 saturated carbocycles. The molecule has 1 N–H and O–H groups in total. The van der Waals surface area contributed by atoms with Gasteiger partial charge in [0.05, 0.1) is 23.7 Å².